The minimum Gasteiger partial charge on any atom is -0.354 e. The summed E-state index contributed by atoms with van der Waals surface area (Å²) in [6.07, 6.45) is -2.80. The van der Waals surface area contributed by atoms with Crippen LogP contribution < -0.4 is 5.32 Å². The molecule has 0 amide bonds. The van der Waals surface area contributed by atoms with Crippen molar-refractivity contribution in [1.29, 1.82) is 0 Å². The number of rotatable bonds is 2. The maximum absolute atomic E-state index is 13.0. The fraction of sp³-hybridized carbons (Fsp3) is 0.0500. The summed E-state index contributed by atoms with van der Waals surface area (Å²) in [7, 11) is 0. The first-order valence-electron chi connectivity index (χ1n) is 7.73. The summed E-state index contributed by atoms with van der Waals surface area (Å²) in [6.45, 7) is 0. The van der Waals surface area contributed by atoms with Gasteiger partial charge in [0.2, 0.25) is 0 Å². The molecule has 1 N–H and O–H groups in total. The highest BCUT2D eigenvalue weighted by molar-refractivity contribution is 5.99. The second-order valence-electron chi connectivity index (χ2n) is 5.74. The van der Waals surface area contributed by atoms with Gasteiger partial charge in [0.05, 0.1) is 11.1 Å². The maximum Gasteiger partial charge on any atom is 0.416 e. The van der Waals surface area contributed by atoms with Gasteiger partial charge in [-0.25, -0.2) is 0 Å². The molecule has 0 unspecified atom stereocenters. The van der Waals surface area contributed by atoms with Crippen molar-refractivity contribution in [3.8, 4) is 0 Å². The second-order valence-corrected chi connectivity index (χ2v) is 5.74. The number of benzene rings is 3. The van der Waals surface area contributed by atoms with Crippen LogP contribution in [0.2, 0.25) is 0 Å². The molecule has 0 saturated heterocycles. The number of halogens is 3. The minimum absolute atomic E-state index is 0.435. The Kier molecular flexibility index (Phi) is 3.57. The summed E-state index contributed by atoms with van der Waals surface area (Å²) in [5.41, 5.74) is 1.25. The number of hydrogen-bond acceptors (Lipinski definition) is 2. The van der Waals surface area contributed by atoms with E-state index in [4.69, 9.17) is 0 Å². The summed E-state index contributed by atoms with van der Waals surface area (Å²) in [4.78, 5) is 4.16. The first kappa shape index (κ1) is 15.4. The molecule has 0 saturated carbocycles. The number of anilines is 2. The zero-order valence-electron chi connectivity index (χ0n) is 13.0. The van der Waals surface area contributed by atoms with Crippen LogP contribution in [-0.2, 0) is 6.18 Å². The van der Waals surface area contributed by atoms with Crippen molar-refractivity contribution >= 4 is 33.1 Å². The Balaban J connectivity index is 1.86. The third-order valence-electron chi connectivity index (χ3n) is 4.13. The molecule has 0 atom stereocenters. The fourth-order valence-electron chi connectivity index (χ4n) is 2.91. The van der Waals surface area contributed by atoms with Crippen LogP contribution in [0.1, 0.15) is 5.56 Å². The molecule has 5 heteroatoms. The number of nitrogens with one attached hydrogen (secondary N) is 1. The van der Waals surface area contributed by atoms with Crippen molar-refractivity contribution in [3.05, 3.63) is 78.5 Å². The molecule has 0 aliphatic heterocycles. The Morgan fingerprint density at radius 2 is 1.52 bits per heavy atom. The van der Waals surface area contributed by atoms with E-state index in [1.165, 1.54) is 6.07 Å². The number of pyridine rings is 1. The molecule has 0 aliphatic rings. The average molecular weight is 338 g/mol. The van der Waals surface area contributed by atoms with Gasteiger partial charge >= 0.3 is 6.18 Å². The van der Waals surface area contributed by atoms with Gasteiger partial charge in [0.15, 0.2) is 0 Å². The van der Waals surface area contributed by atoms with Crippen LogP contribution in [0.15, 0.2) is 72.9 Å². The van der Waals surface area contributed by atoms with Crippen molar-refractivity contribution in [2.24, 2.45) is 0 Å². The largest absolute Gasteiger partial charge is 0.416 e. The Morgan fingerprint density at radius 3 is 2.36 bits per heavy atom. The molecular weight excluding hydrogens is 325 g/mol. The molecule has 2 nitrogen and oxygen atoms in total. The van der Waals surface area contributed by atoms with Gasteiger partial charge in [-0.15, -0.1) is 0 Å². The first-order valence-corrected chi connectivity index (χ1v) is 7.73. The van der Waals surface area contributed by atoms with E-state index in [0.717, 1.165) is 28.6 Å². The van der Waals surface area contributed by atoms with Crippen molar-refractivity contribution in [3.63, 3.8) is 0 Å². The molecule has 0 radical (unpaired) electrons. The molecule has 3 aromatic carbocycles. The molecule has 1 aromatic heterocycles. The van der Waals surface area contributed by atoms with Crippen molar-refractivity contribution in [1.82, 2.24) is 4.98 Å². The molecule has 124 valence electrons. The number of hydrogen-bond donors (Lipinski definition) is 1. The summed E-state index contributed by atoms with van der Waals surface area (Å²) < 4.78 is 39.1. The summed E-state index contributed by atoms with van der Waals surface area (Å²) in [5, 5.41) is 5.76. The van der Waals surface area contributed by atoms with Crippen LogP contribution in [0.25, 0.3) is 21.7 Å². The number of nitrogens with zero attached hydrogens (tertiary/aromatic N) is 1. The molecule has 0 aliphatic carbocycles. The van der Waals surface area contributed by atoms with Gasteiger partial charge in [-0.1, -0.05) is 36.4 Å². The van der Waals surface area contributed by atoms with Gasteiger partial charge < -0.3 is 5.32 Å². The van der Waals surface area contributed by atoms with Crippen LogP contribution in [-0.4, -0.2) is 4.98 Å². The molecule has 4 aromatic rings. The van der Waals surface area contributed by atoms with E-state index in [2.05, 4.69) is 10.3 Å². The molecule has 4 rings (SSSR count). The van der Waals surface area contributed by atoms with E-state index in [1.807, 2.05) is 42.5 Å². The zero-order chi connectivity index (χ0) is 17.4. The predicted molar refractivity (Wildman–Crippen MR) is 94.0 cm³/mol. The van der Waals surface area contributed by atoms with Crippen molar-refractivity contribution in [2.45, 2.75) is 6.18 Å². The molecule has 0 fully saturated rings. The lowest BCUT2D eigenvalue weighted by atomic mass is 10.1. The van der Waals surface area contributed by atoms with E-state index in [-0.39, 0.29) is 0 Å². The van der Waals surface area contributed by atoms with Gasteiger partial charge in [0.1, 0.15) is 0 Å². The quantitative estimate of drug-likeness (QED) is 0.474. The molecule has 25 heavy (non-hydrogen) atoms. The molecule has 0 bridgehead atoms. The Bertz CT molecular complexity index is 1070. The number of alkyl halides is 3. The van der Waals surface area contributed by atoms with Gasteiger partial charge in [-0.05, 0) is 35.7 Å². The van der Waals surface area contributed by atoms with Gasteiger partial charge in [0.25, 0.3) is 0 Å². The average Bonchev–Trinajstić information content (AvgIpc) is 2.61. The van der Waals surface area contributed by atoms with Gasteiger partial charge in [-0.2, -0.15) is 13.2 Å². The Hall–Kier alpha value is -3.08. The summed E-state index contributed by atoms with van der Waals surface area (Å²) >= 11 is 0. The van der Waals surface area contributed by atoms with Crippen LogP contribution in [0.4, 0.5) is 24.5 Å². The highest BCUT2D eigenvalue weighted by atomic mass is 19.4. The predicted octanol–water partition coefficient (Wildman–Crippen LogP) is 6.15. The zero-order valence-corrected chi connectivity index (χ0v) is 13.0. The Labute approximate surface area is 141 Å². The monoisotopic (exact) mass is 338 g/mol. The highest BCUT2D eigenvalue weighted by Gasteiger charge is 2.30. The van der Waals surface area contributed by atoms with Gasteiger partial charge in [0, 0.05) is 28.3 Å². The topological polar surface area (TPSA) is 24.9 Å². The van der Waals surface area contributed by atoms with Crippen LogP contribution in [0, 0.1) is 0 Å². The lowest BCUT2D eigenvalue weighted by molar-refractivity contribution is -0.137. The standard InChI is InChI=1S/C20H13F3N2/c21-20(22,23)14-8-9-17-16(12-14)19(10-11-24-17)25-18-7-3-5-13-4-1-2-6-15(13)18/h1-12H,(H,24,25). The lowest BCUT2D eigenvalue weighted by Gasteiger charge is -2.13. The normalized spacial score (nSPS) is 11.8. The summed E-state index contributed by atoms with van der Waals surface area (Å²) in [5.74, 6) is 0. The summed E-state index contributed by atoms with van der Waals surface area (Å²) in [6, 6.07) is 18.9. The van der Waals surface area contributed by atoms with E-state index in [0.29, 0.717) is 16.6 Å². The van der Waals surface area contributed by atoms with Crippen molar-refractivity contribution < 1.29 is 13.2 Å². The molecular formula is C20H13F3N2. The van der Waals surface area contributed by atoms with E-state index < -0.39 is 11.7 Å². The van der Waals surface area contributed by atoms with E-state index in [1.54, 1.807) is 12.3 Å². The number of fused-ring (bicyclic) bond motifs is 2. The van der Waals surface area contributed by atoms with Crippen LogP contribution >= 0.6 is 0 Å². The smallest absolute Gasteiger partial charge is 0.354 e. The highest BCUT2D eigenvalue weighted by Crippen LogP contribution is 2.34. The van der Waals surface area contributed by atoms with E-state index in [9.17, 15) is 13.2 Å². The van der Waals surface area contributed by atoms with Crippen LogP contribution in [0.3, 0.4) is 0 Å². The lowest BCUT2D eigenvalue weighted by Crippen LogP contribution is -2.05. The minimum atomic E-state index is -4.39. The third-order valence-corrected chi connectivity index (χ3v) is 4.13. The van der Waals surface area contributed by atoms with Gasteiger partial charge in [-0.3, -0.25) is 4.98 Å². The SMILES string of the molecule is FC(F)(F)c1ccc2nccc(Nc3cccc4ccccc34)c2c1. The third kappa shape index (κ3) is 2.89. The molecule has 0 spiro atoms. The van der Waals surface area contributed by atoms with Crippen LogP contribution in [0.5, 0.6) is 0 Å². The first-order chi connectivity index (χ1) is 12.0. The maximum atomic E-state index is 13.0. The Morgan fingerprint density at radius 1 is 0.760 bits per heavy atom. The molecule has 1 heterocycles. The van der Waals surface area contributed by atoms with E-state index >= 15 is 0 Å². The fourth-order valence-corrected chi connectivity index (χ4v) is 2.91. The second kappa shape index (κ2) is 5.77. The van der Waals surface area contributed by atoms with Crippen molar-refractivity contribution in [2.75, 3.05) is 5.32 Å². The number of aromatic nitrogens is 1.